The van der Waals surface area contributed by atoms with E-state index < -0.39 is 0 Å². The van der Waals surface area contributed by atoms with Crippen LogP contribution in [0.5, 0.6) is 5.75 Å². The summed E-state index contributed by atoms with van der Waals surface area (Å²) >= 11 is 5.96. The van der Waals surface area contributed by atoms with Crippen LogP contribution >= 0.6 is 11.6 Å². The number of nitrogens with one attached hydrogen (secondary N) is 1. The lowest BCUT2D eigenvalue weighted by molar-refractivity contribution is 0.202. The van der Waals surface area contributed by atoms with Crippen molar-refractivity contribution in [1.29, 1.82) is 0 Å². The normalized spacial score (nSPS) is 16.9. The van der Waals surface area contributed by atoms with Crippen LogP contribution in [0.15, 0.2) is 24.3 Å². The third-order valence-electron chi connectivity index (χ3n) is 3.77. The molecule has 2 nitrogen and oxygen atoms in total. The molecule has 1 N–H and O–H groups in total. The summed E-state index contributed by atoms with van der Waals surface area (Å²) in [7, 11) is 0. The van der Waals surface area contributed by atoms with Crippen LogP contribution in [-0.2, 0) is 0 Å². The molecule has 2 rings (SSSR count). The quantitative estimate of drug-likeness (QED) is 0.768. The van der Waals surface area contributed by atoms with Gasteiger partial charge in [0.2, 0.25) is 0 Å². The van der Waals surface area contributed by atoms with E-state index in [2.05, 4.69) is 12.2 Å². The van der Waals surface area contributed by atoms with Gasteiger partial charge in [-0.15, -0.1) is 0 Å². The number of benzene rings is 1. The highest BCUT2D eigenvalue weighted by molar-refractivity contribution is 6.30. The minimum Gasteiger partial charge on any atom is -0.492 e. The molecule has 1 saturated carbocycles. The molecule has 1 aliphatic rings. The van der Waals surface area contributed by atoms with E-state index >= 15 is 0 Å². The van der Waals surface area contributed by atoms with Crippen LogP contribution < -0.4 is 10.1 Å². The second kappa shape index (κ2) is 7.76. The molecule has 3 heteroatoms. The highest BCUT2D eigenvalue weighted by atomic mass is 35.5. The van der Waals surface area contributed by atoms with Crippen molar-refractivity contribution >= 4 is 11.6 Å². The highest BCUT2D eigenvalue weighted by Crippen LogP contribution is 2.30. The van der Waals surface area contributed by atoms with Gasteiger partial charge < -0.3 is 10.1 Å². The fourth-order valence-corrected chi connectivity index (χ4v) is 2.62. The number of ether oxygens (including phenoxy) is 1. The van der Waals surface area contributed by atoms with Gasteiger partial charge in [0.15, 0.2) is 0 Å². The van der Waals surface area contributed by atoms with Crippen LogP contribution in [0.25, 0.3) is 0 Å². The Labute approximate surface area is 121 Å². The molecular weight excluding hydrogens is 258 g/mol. The summed E-state index contributed by atoms with van der Waals surface area (Å²) in [5, 5.41) is 4.33. The van der Waals surface area contributed by atoms with Gasteiger partial charge in [0.05, 0.1) is 0 Å². The molecule has 106 valence electrons. The predicted octanol–water partition coefficient (Wildman–Crippen LogP) is 4.28. The third-order valence-corrected chi connectivity index (χ3v) is 4.01. The monoisotopic (exact) mass is 281 g/mol. The summed E-state index contributed by atoms with van der Waals surface area (Å²) in [6.45, 7) is 4.00. The predicted molar refractivity (Wildman–Crippen MR) is 81.0 cm³/mol. The molecule has 0 radical (unpaired) electrons. The maximum atomic E-state index is 5.96. The molecule has 1 fully saturated rings. The number of hydrogen-bond acceptors (Lipinski definition) is 2. The maximum absolute atomic E-state index is 5.96. The van der Waals surface area contributed by atoms with Crippen LogP contribution in [0.4, 0.5) is 0 Å². The molecule has 1 aromatic carbocycles. The van der Waals surface area contributed by atoms with Gasteiger partial charge in [0.25, 0.3) is 0 Å². The van der Waals surface area contributed by atoms with Crippen molar-refractivity contribution in [1.82, 2.24) is 5.32 Å². The number of rotatable bonds is 8. The average molecular weight is 282 g/mol. The van der Waals surface area contributed by atoms with Crippen molar-refractivity contribution in [3.8, 4) is 5.75 Å². The molecule has 0 aromatic heterocycles. The van der Waals surface area contributed by atoms with Crippen LogP contribution in [0.1, 0.15) is 39.0 Å². The van der Waals surface area contributed by atoms with Crippen molar-refractivity contribution in [2.24, 2.45) is 5.92 Å². The highest BCUT2D eigenvalue weighted by Gasteiger charge is 2.22. The average Bonchev–Trinajstić information content (AvgIpc) is 2.36. The Kier molecular flexibility index (Phi) is 5.99. The summed E-state index contributed by atoms with van der Waals surface area (Å²) in [4.78, 5) is 0. The lowest BCUT2D eigenvalue weighted by atomic mass is 9.81. The molecule has 0 spiro atoms. The van der Waals surface area contributed by atoms with E-state index in [1.165, 1.54) is 32.1 Å². The topological polar surface area (TPSA) is 21.3 Å². The SMILES string of the molecule is CCCNC(COc1cccc(Cl)c1)CC1CCC1. The second-order valence-electron chi connectivity index (χ2n) is 5.45. The van der Waals surface area contributed by atoms with Gasteiger partial charge in [-0.3, -0.25) is 0 Å². The Hall–Kier alpha value is -0.730. The van der Waals surface area contributed by atoms with Gasteiger partial charge >= 0.3 is 0 Å². The first-order chi connectivity index (χ1) is 9.28. The molecule has 1 atom stereocenters. The zero-order valence-electron chi connectivity index (χ0n) is 11.7. The van der Waals surface area contributed by atoms with Crippen molar-refractivity contribution in [2.45, 2.75) is 45.1 Å². The summed E-state index contributed by atoms with van der Waals surface area (Å²) in [5.41, 5.74) is 0. The van der Waals surface area contributed by atoms with Gasteiger partial charge in [-0.2, -0.15) is 0 Å². The fourth-order valence-electron chi connectivity index (χ4n) is 2.44. The van der Waals surface area contributed by atoms with Gasteiger partial charge in [0, 0.05) is 11.1 Å². The smallest absolute Gasteiger partial charge is 0.120 e. The van der Waals surface area contributed by atoms with E-state index in [9.17, 15) is 0 Å². The summed E-state index contributed by atoms with van der Waals surface area (Å²) in [6.07, 6.45) is 6.59. The van der Waals surface area contributed by atoms with Crippen molar-refractivity contribution < 1.29 is 4.74 Å². The van der Waals surface area contributed by atoms with Crippen LogP contribution in [0, 0.1) is 5.92 Å². The first-order valence-corrected chi connectivity index (χ1v) is 7.77. The Bertz CT molecular complexity index is 379. The Morgan fingerprint density at radius 1 is 1.42 bits per heavy atom. The van der Waals surface area contributed by atoms with Crippen molar-refractivity contribution in [3.63, 3.8) is 0 Å². The number of halogens is 1. The van der Waals surface area contributed by atoms with Crippen LogP contribution in [-0.4, -0.2) is 19.2 Å². The molecule has 0 amide bonds. The van der Waals surface area contributed by atoms with Crippen molar-refractivity contribution in [2.75, 3.05) is 13.2 Å². The first kappa shape index (κ1) is 14.7. The number of hydrogen-bond donors (Lipinski definition) is 1. The maximum Gasteiger partial charge on any atom is 0.120 e. The molecule has 0 aliphatic heterocycles. The van der Waals surface area contributed by atoms with E-state index in [0.717, 1.165) is 29.8 Å². The molecule has 1 unspecified atom stereocenters. The summed E-state index contributed by atoms with van der Waals surface area (Å²) < 4.78 is 5.87. The van der Waals surface area contributed by atoms with E-state index in [1.807, 2.05) is 24.3 Å². The van der Waals surface area contributed by atoms with E-state index in [0.29, 0.717) is 6.04 Å². The summed E-state index contributed by atoms with van der Waals surface area (Å²) in [6, 6.07) is 8.10. The molecule has 19 heavy (non-hydrogen) atoms. The molecule has 1 aromatic rings. The van der Waals surface area contributed by atoms with E-state index in [-0.39, 0.29) is 0 Å². The van der Waals surface area contributed by atoms with Gasteiger partial charge in [-0.05, 0) is 43.5 Å². The van der Waals surface area contributed by atoms with Crippen molar-refractivity contribution in [3.05, 3.63) is 29.3 Å². The molecular formula is C16H24ClNO. The minimum absolute atomic E-state index is 0.462. The Morgan fingerprint density at radius 3 is 2.89 bits per heavy atom. The molecule has 0 bridgehead atoms. The van der Waals surface area contributed by atoms with Crippen LogP contribution in [0.3, 0.4) is 0 Å². The summed E-state index contributed by atoms with van der Waals surface area (Å²) in [5.74, 6) is 1.77. The largest absolute Gasteiger partial charge is 0.492 e. The van der Waals surface area contributed by atoms with Gasteiger partial charge in [0.1, 0.15) is 12.4 Å². The second-order valence-corrected chi connectivity index (χ2v) is 5.89. The molecule has 0 heterocycles. The third kappa shape index (κ3) is 5.04. The van der Waals surface area contributed by atoms with Gasteiger partial charge in [-0.1, -0.05) is 43.9 Å². The Morgan fingerprint density at radius 2 is 2.26 bits per heavy atom. The van der Waals surface area contributed by atoms with E-state index in [4.69, 9.17) is 16.3 Å². The fraction of sp³-hybridized carbons (Fsp3) is 0.625. The molecule has 1 aliphatic carbocycles. The van der Waals surface area contributed by atoms with Crippen LogP contribution in [0.2, 0.25) is 5.02 Å². The Balaban J connectivity index is 1.80. The minimum atomic E-state index is 0.462. The lowest BCUT2D eigenvalue weighted by Crippen LogP contribution is -2.38. The van der Waals surface area contributed by atoms with E-state index in [1.54, 1.807) is 0 Å². The standard InChI is InChI=1S/C16H24ClNO/c1-2-9-18-15(10-13-5-3-6-13)12-19-16-8-4-7-14(17)11-16/h4,7-8,11,13,15,18H,2-3,5-6,9-10,12H2,1H3. The zero-order valence-corrected chi connectivity index (χ0v) is 12.5. The zero-order chi connectivity index (χ0) is 13.5. The van der Waals surface area contributed by atoms with Gasteiger partial charge in [-0.25, -0.2) is 0 Å². The lowest BCUT2D eigenvalue weighted by Gasteiger charge is -2.30. The first-order valence-electron chi connectivity index (χ1n) is 7.39. The molecule has 0 saturated heterocycles.